The molecule has 0 spiro atoms. The zero-order valence-electron chi connectivity index (χ0n) is 10.5. The van der Waals surface area contributed by atoms with Crippen molar-refractivity contribution < 1.29 is 9.59 Å². The van der Waals surface area contributed by atoms with Crippen LogP contribution < -0.4 is 0 Å². The van der Waals surface area contributed by atoms with E-state index in [1.165, 1.54) is 39.0 Å². The maximum absolute atomic E-state index is 11.5. The highest BCUT2D eigenvalue weighted by Crippen LogP contribution is 2.26. The van der Waals surface area contributed by atoms with Crippen LogP contribution in [0.15, 0.2) is 0 Å². The van der Waals surface area contributed by atoms with Crippen LogP contribution in [0.2, 0.25) is 0 Å². The number of carbonyl (C=O) groups excluding carboxylic acids is 2. The second-order valence-electron chi connectivity index (χ2n) is 4.99. The molecule has 0 aliphatic heterocycles. The van der Waals surface area contributed by atoms with Crippen LogP contribution in [-0.2, 0) is 9.59 Å². The normalized spacial score (nSPS) is 17.1. The van der Waals surface area contributed by atoms with E-state index in [4.69, 9.17) is 0 Å². The summed E-state index contributed by atoms with van der Waals surface area (Å²) in [7, 11) is 1.80. The molecule has 1 saturated carbocycles. The van der Waals surface area contributed by atoms with E-state index in [1.54, 1.807) is 11.9 Å². The highest BCUT2D eigenvalue weighted by molar-refractivity contribution is 5.96. The maximum atomic E-state index is 11.5. The number of hydrogen-bond acceptors (Lipinski definition) is 2. The van der Waals surface area contributed by atoms with Gasteiger partial charge in [-0.3, -0.25) is 9.59 Å². The summed E-state index contributed by atoms with van der Waals surface area (Å²) >= 11 is 0. The van der Waals surface area contributed by atoms with Crippen LogP contribution in [0.1, 0.15) is 51.9 Å². The number of rotatable bonds is 5. The molecule has 1 rings (SSSR count). The zero-order valence-corrected chi connectivity index (χ0v) is 10.5. The molecule has 92 valence electrons. The third-order valence-corrected chi connectivity index (χ3v) is 3.42. The smallest absolute Gasteiger partial charge is 0.229 e. The van der Waals surface area contributed by atoms with Crippen molar-refractivity contribution in [1.82, 2.24) is 4.90 Å². The molecule has 0 aromatic heterocycles. The van der Waals surface area contributed by atoms with Gasteiger partial charge in [-0.25, -0.2) is 0 Å². The van der Waals surface area contributed by atoms with E-state index >= 15 is 0 Å². The van der Waals surface area contributed by atoms with Crippen LogP contribution in [0.3, 0.4) is 0 Å². The highest BCUT2D eigenvalue weighted by atomic mass is 16.2. The summed E-state index contributed by atoms with van der Waals surface area (Å²) in [5.74, 6) is 0.708. The second-order valence-corrected chi connectivity index (χ2v) is 4.99. The van der Waals surface area contributed by atoms with Crippen LogP contribution in [0.5, 0.6) is 0 Å². The van der Waals surface area contributed by atoms with Crippen molar-refractivity contribution in [3.63, 3.8) is 0 Å². The van der Waals surface area contributed by atoms with Crippen LogP contribution in [0, 0.1) is 5.92 Å². The highest BCUT2D eigenvalue weighted by Gasteiger charge is 2.16. The second kappa shape index (κ2) is 6.66. The molecule has 0 radical (unpaired) electrons. The average Bonchev–Trinajstić information content (AvgIpc) is 2.26. The van der Waals surface area contributed by atoms with E-state index < -0.39 is 0 Å². The van der Waals surface area contributed by atoms with Gasteiger partial charge in [0.2, 0.25) is 5.91 Å². The molecular weight excluding hydrogens is 202 g/mol. The third-order valence-electron chi connectivity index (χ3n) is 3.42. The monoisotopic (exact) mass is 225 g/mol. The SMILES string of the molecule is CC(=O)CC(=O)N(C)CCC1CCCCC1. The molecular formula is C13H23NO2. The van der Waals surface area contributed by atoms with E-state index in [0.29, 0.717) is 0 Å². The van der Waals surface area contributed by atoms with Gasteiger partial charge in [0.05, 0.1) is 6.42 Å². The van der Waals surface area contributed by atoms with E-state index in [0.717, 1.165) is 18.9 Å². The molecule has 1 aliphatic carbocycles. The first-order valence-corrected chi connectivity index (χ1v) is 6.33. The van der Waals surface area contributed by atoms with Crippen LogP contribution >= 0.6 is 0 Å². The lowest BCUT2D eigenvalue weighted by atomic mass is 9.87. The van der Waals surface area contributed by atoms with Gasteiger partial charge < -0.3 is 4.90 Å². The Kier molecular flexibility index (Phi) is 5.50. The Morgan fingerprint density at radius 1 is 1.19 bits per heavy atom. The minimum absolute atomic E-state index is 0.0386. The summed E-state index contributed by atoms with van der Waals surface area (Å²) in [6.07, 6.45) is 7.84. The summed E-state index contributed by atoms with van der Waals surface area (Å²) in [5, 5.41) is 0. The molecule has 1 amide bonds. The quantitative estimate of drug-likeness (QED) is 0.674. The van der Waals surface area contributed by atoms with Crippen molar-refractivity contribution in [3.8, 4) is 0 Å². The first kappa shape index (κ1) is 13.2. The van der Waals surface area contributed by atoms with E-state index in [9.17, 15) is 9.59 Å². The Hall–Kier alpha value is -0.860. The molecule has 3 heteroatoms. The van der Waals surface area contributed by atoms with Gasteiger partial charge in [-0.05, 0) is 19.3 Å². The molecule has 0 saturated heterocycles. The predicted octanol–water partition coefficient (Wildman–Crippen LogP) is 2.39. The van der Waals surface area contributed by atoms with E-state index in [1.807, 2.05) is 0 Å². The van der Waals surface area contributed by atoms with Crippen LogP contribution in [0.4, 0.5) is 0 Å². The molecule has 3 nitrogen and oxygen atoms in total. The van der Waals surface area contributed by atoms with E-state index in [2.05, 4.69) is 0 Å². The van der Waals surface area contributed by atoms with Gasteiger partial charge in [0, 0.05) is 13.6 Å². The van der Waals surface area contributed by atoms with Crippen LogP contribution in [0.25, 0.3) is 0 Å². The number of carbonyl (C=O) groups is 2. The van der Waals surface area contributed by atoms with Crippen molar-refractivity contribution in [2.45, 2.75) is 51.9 Å². The van der Waals surface area contributed by atoms with Gasteiger partial charge in [0.1, 0.15) is 5.78 Å². The summed E-state index contributed by atoms with van der Waals surface area (Å²) in [5.41, 5.74) is 0. The molecule has 1 fully saturated rings. The summed E-state index contributed by atoms with van der Waals surface area (Å²) in [6.45, 7) is 2.27. The fraction of sp³-hybridized carbons (Fsp3) is 0.846. The molecule has 0 aromatic rings. The van der Waals surface area contributed by atoms with Gasteiger partial charge >= 0.3 is 0 Å². The number of amides is 1. The van der Waals surface area contributed by atoms with Crippen LogP contribution in [-0.4, -0.2) is 30.2 Å². The Bertz CT molecular complexity index is 244. The largest absolute Gasteiger partial charge is 0.345 e. The molecule has 0 unspecified atom stereocenters. The Balaban J connectivity index is 2.20. The average molecular weight is 225 g/mol. The van der Waals surface area contributed by atoms with E-state index in [-0.39, 0.29) is 18.1 Å². The lowest BCUT2D eigenvalue weighted by Crippen LogP contribution is -2.30. The van der Waals surface area contributed by atoms with Crippen molar-refractivity contribution in [2.75, 3.05) is 13.6 Å². The van der Waals surface area contributed by atoms with Crippen molar-refractivity contribution >= 4 is 11.7 Å². The first-order chi connectivity index (χ1) is 7.59. The van der Waals surface area contributed by atoms with Gasteiger partial charge in [0.15, 0.2) is 0 Å². The van der Waals surface area contributed by atoms with Gasteiger partial charge in [-0.15, -0.1) is 0 Å². The minimum Gasteiger partial charge on any atom is -0.345 e. The minimum atomic E-state index is -0.0467. The molecule has 0 N–H and O–H groups in total. The first-order valence-electron chi connectivity index (χ1n) is 6.33. The zero-order chi connectivity index (χ0) is 12.0. The Labute approximate surface area is 98.2 Å². The summed E-state index contributed by atoms with van der Waals surface area (Å²) in [4.78, 5) is 24.1. The Morgan fingerprint density at radius 2 is 1.81 bits per heavy atom. The molecule has 0 bridgehead atoms. The molecule has 0 heterocycles. The van der Waals surface area contributed by atoms with Gasteiger partial charge in [-0.1, -0.05) is 32.1 Å². The number of hydrogen-bond donors (Lipinski definition) is 0. The fourth-order valence-electron chi connectivity index (χ4n) is 2.32. The van der Waals surface area contributed by atoms with Crippen molar-refractivity contribution in [1.29, 1.82) is 0 Å². The number of Topliss-reactive ketones (excluding diaryl/α,β-unsaturated/α-hetero) is 1. The van der Waals surface area contributed by atoms with Crippen molar-refractivity contribution in [2.24, 2.45) is 5.92 Å². The van der Waals surface area contributed by atoms with Gasteiger partial charge in [0.25, 0.3) is 0 Å². The molecule has 1 aliphatic rings. The van der Waals surface area contributed by atoms with Gasteiger partial charge in [-0.2, -0.15) is 0 Å². The lowest BCUT2D eigenvalue weighted by Gasteiger charge is -2.24. The Morgan fingerprint density at radius 3 is 2.38 bits per heavy atom. The number of ketones is 1. The molecule has 0 atom stereocenters. The lowest BCUT2D eigenvalue weighted by molar-refractivity contribution is -0.133. The molecule has 16 heavy (non-hydrogen) atoms. The van der Waals surface area contributed by atoms with Crippen molar-refractivity contribution in [3.05, 3.63) is 0 Å². The third kappa shape index (κ3) is 4.77. The summed E-state index contributed by atoms with van der Waals surface area (Å²) < 4.78 is 0. The standard InChI is InChI=1S/C13H23NO2/c1-11(15)10-13(16)14(2)9-8-12-6-4-3-5-7-12/h12H,3-10H2,1-2H3. The predicted molar refractivity (Wildman–Crippen MR) is 64.1 cm³/mol. The summed E-state index contributed by atoms with van der Waals surface area (Å²) in [6, 6.07) is 0. The molecule has 0 aromatic carbocycles. The number of nitrogens with zero attached hydrogens (tertiary/aromatic N) is 1. The maximum Gasteiger partial charge on any atom is 0.229 e. The topological polar surface area (TPSA) is 37.4 Å². The fourth-order valence-corrected chi connectivity index (χ4v) is 2.32.